The maximum Gasteiger partial charge on any atom is 0.214 e. The molecule has 1 unspecified atom stereocenters. The topological polar surface area (TPSA) is 55.4 Å². The van der Waals surface area contributed by atoms with Crippen molar-refractivity contribution in [2.45, 2.75) is 19.6 Å². The van der Waals surface area contributed by atoms with Crippen LogP contribution in [-0.4, -0.2) is 20.8 Å². The number of fused-ring (bicyclic) bond motifs is 1. The number of nitrogens with one attached hydrogen (secondary N) is 1. The van der Waals surface area contributed by atoms with Crippen LogP contribution in [0.3, 0.4) is 0 Å². The number of hydrogen-bond donors (Lipinski definition) is 1. The Balaban J connectivity index is 2.40. The molecule has 0 saturated heterocycles. The Bertz CT molecular complexity index is 470. The van der Waals surface area contributed by atoms with Crippen LogP contribution in [0.25, 0.3) is 0 Å². The molecule has 0 spiro atoms. The van der Waals surface area contributed by atoms with Gasteiger partial charge in [0.2, 0.25) is 10.0 Å². The Morgan fingerprint density at radius 2 is 2.19 bits per heavy atom. The molecule has 0 radical (unpaired) electrons. The van der Waals surface area contributed by atoms with E-state index in [1.807, 2.05) is 31.2 Å². The molecule has 1 N–H and O–H groups in total. The summed E-state index contributed by atoms with van der Waals surface area (Å²) < 4.78 is 31.3. The zero-order valence-corrected chi connectivity index (χ0v) is 9.96. The van der Waals surface area contributed by atoms with Crippen molar-refractivity contribution in [1.29, 1.82) is 0 Å². The second kappa shape index (κ2) is 4.53. The Labute approximate surface area is 95.7 Å². The van der Waals surface area contributed by atoms with Crippen LogP contribution in [0.2, 0.25) is 0 Å². The largest absolute Gasteiger partial charge is 0.358 e. The molecule has 1 heterocycles. The summed E-state index contributed by atoms with van der Waals surface area (Å²) in [7, 11) is -3.23. The summed E-state index contributed by atoms with van der Waals surface area (Å²) in [6, 6.07) is 7.66. The highest BCUT2D eigenvalue weighted by Gasteiger charge is 2.25. The number of aryl methyl sites for hydroxylation is 1. The summed E-state index contributed by atoms with van der Waals surface area (Å²) in [5.74, 6) is 0.119. The van der Waals surface area contributed by atoms with Gasteiger partial charge in [-0.15, -0.1) is 0 Å². The minimum absolute atomic E-state index is 0.119. The van der Waals surface area contributed by atoms with Crippen LogP contribution in [0.1, 0.15) is 24.3 Å². The second-order valence-electron chi connectivity index (χ2n) is 3.72. The van der Waals surface area contributed by atoms with Crippen LogP contribution in [0.4, 0.5) is 0 Å². The van der Waals surface area contributed by atoms with Gasteiger partial charge in [0.25, 0.3) is 0 Å². The highest BCUT2D eigenvalue weighted by atomic mass is 32.2. The SMILES string of the molecule is CCOC1NS(=O)(=O)CCc2ccccc21. The molecule has 16 heavy (non-hydrogen) atoms. The summed E-state index contributed by atoms with van der Waals surface area (Å²) in [6.07, 6.45) is -0.0107. The zero-order chi connectivity index (χ0) is 11.6. The van der Waals surface area contributed by atoms with Gasteiger partial charge in [0.05, 0.1) is 5.75 Å². The van der Waals surface area contributed by atoms with Crippen molar-refractivity contribution < 1.29 is 13.2 Å². The molecule has 0 amide bonds. The molecule has 1 aliphatic rings. The van der Waals surface area contributed by atoms with Crippen molar-refractivity contribution in [1.82, 2.24) is 4.72 Å². The van der Waals surface area contributed by atoms with Gasteiger partial charge in [0, 0.05) is 6.61 Å². The first-order valence-corrected chi connectivity index (χ1v) is 6.97. The average molecular weight is 241 g/mol. The maximum absolute atomic E-state index is 11.6. The first-order chi connectivity index (χ1) is 7.62. The van der Waals surface area contributed by atoms with Gasteiger partial charge in [-0.1, -0.05) is 24.3 Å². The fraction of sp³-hybridized carbons (Fsp3) is 0.455. The molecule has 0 saturated carbocycles. The average Bonchev–Trinajstić information content (AvgIpc) is 2.38. The van der Waals surface area contributed by atoms with Crippen LogP contribution in [0.15, 0.2) is 24.3 Å². The van der Waals surface area contributed by atoms with Crippen LogP contribution in [0, 0.1) is 0 Å². The lowest BCUT2D eigenvalue weighted by atomic mass is 10.0. The smallest absolute Gasteiger partial charge is 0.214 e. The van der Waals surface area contributed by atoms with E-state index in [9.17, 15) is 8.42 Å². The minimum atomic E-state index is -3.23. The third-order valence-electron chi connectivity index (χ3n) is 2.60. The summed E-state index contributed by atoms with van der Waals surface area (Å²) >= 11 is 0. The van der Waals surface area contributed by atoms with E-state index in [0.29, 0.717) is 13.0 Å². The lowest BCUT2D eigenvalue weighted by Gasteiger charge is -2.17. The zero-order valence-electron chi connectivity index (χ0n) is 9.14. The molecule has 4 nitrogen and oxygen atoms in total. The standard InChI is InChI=1S/C11H15NO3S/c1-2-15-11-10-6-4-3-5-9(10)7-8-16(13,14)12-11/h3-6,11-12H,2,7-8H2,1H3. The highest BCUT2D eigenvalue weighted by molar-refractivity contribution is 7.89. The van der Waals surface area contributed by atoms with E-state index in [1.54, 1.807) is 0 Å². The Morgan fingerprint density at radius 1 is 1.44 bits per heavy atom. The highest BCUT2D eigenvalue weighted by Crippen LogP contribution is 2.23. The van der Waals surface area contributed by atoms with Crippen molar-refractivity contribution >= 4 is 10.0 Å². The van der Waals surface area contributed by atoms with E-state index in [1.165, 1.54) is 0 Å². The molecule has 0 aromatic heterocycles. The quantitative estimate of drug-likeness (QED) is 0.846. The molecule has 1 aromatic carbocycles. The minimum Gasteiger partial charge on any atom is -0.358 e. The van der Waals surface area contributed by atoms with Crippen molar-refractivity contribution in [3.63, 3.8) is 0 Å². The van der Waals surface area contributed by atoms with Crippen molar-refractivity contribution in [2.24, 2.45) is 0 Å². The van der Waals surface area contributed by atoms with Crippen LogP contribution in [-0.2, 0) is 21.2 Å². The van der Waals surface area contributed by atoms with Crippen LogP contribution in [0.5, 0.6) is 0 Å². The molecule has 1 atom stereocenters. The lowest BCUT2D eigenvalue weighted by molar-refractivity contribution is 0.0547. The van der Waals surface area contributed by atoms with Gasteiger partial charge >= 0.3 is 0 Å². The molecule has 1 aliphatic heterocycles. The van der Waals surface area contributed by atoms with Crippen LogP contribution >= 0.6 is 0 Å². The summed E-state index contributed by atoms with van der Waals surface area (Å²) in [4.78, 5) is 0. The molecular formula is C11H15NO3S. The Hall–Kier alpha value is -0.910. The van der Waals surface area contributed by atoms with Gasteiger partial charge in [-0.05, 0) is 24.5 Å². The van der Waals surface area contributed by atoms with Crippen molar-refractivity contribution in [2.75, 3.05) is 12.4 Å². The van der Waals surface area contributed by atoms with Gasteiger partial charge in [-0.2, -0.15) is 4.72 Å². The predicted molar refractivity (Wildman–Crippen MR) is 61.4 cm³/mol. The summed E-state index contributed by atoms with van der Waals surface area (Å²) in [5.41, 5.74) is 1.96. The van der Waals surface area contributed by atoms with Gasteiger partial charge in [0.15, 0.2) is 0 Å². The number of rotatable bonds is 2. The molecule has 2 rings (SSSR count). The van der Waals surface area contributed by atoms with E-state index < -0.39 is 16.3 Å². The Kier molecular flexibility index (Phi) is 3.28. The Morgan fingerprint density at radius 3 is 2.94 bits per heavy atom. The fourth-order valence-corrected chi connectivity index (χ4v) is 2.97. The first kappa shape index (κ1) is 11.6. The predicted octanol–water partition coefficient (Wildman–Crippen LogP) is 1.20. The third kappa shape index (κ3) is 2.42. The normalized spacial score (nSPS) is 23.4. The van der Waals surface area contributed by atoms with E-state index in [0.717, 1.165) is 11.1 Å². The van der Waals surface area contributed by atoms with E-state index in [4.69, 9.17) is 4.74 Å². The molecule has 0 aliphatic carbocycles. The van der Waals surface area contributed by atoms with E-state index >= 15 is 0 Å². The number of sulfonamides is 1. The molecule has 0 fully saturated rings. The molecule has 1 aromatic rings. The second-order valence-corrected chi connectivity index (χ2v) is 5.59. The summed E-state index contributed by atoms with van der Waals surface area (Å²) in [6.45, 7) is 2.32. The number of ether oxygens (including phenoxy) is 1. The summed E-state index contributed by atoms with van der Waals surface area (Å²) in [5, 5.41) is 0. The fourth-order valence-electron chi connectivity index (χ4n) is 1.84. The monoisotopic (exact) mass is 241 g/mol. The van der Waals surface area contributed by atoms with E-state index in [2.05, 4.69) is 4.72 Å². The maximum atomic E-state index is 11.6. The number of benzene rings is 1. The molecule has 88 valence electrons. The van der Waals surface area contributed by atoms with Crippen molar-refractivity contribution in [3.8, 4) is 0 Å². The van der Waals surface area contributed by atoms with Gasteiger partial charge in [-0.3, -0.25) is 0 Å². The molecule has 5 heteroatoms. The van der Waals surface area contributed by atoms with Crippen LogP contribution < -0.4 is 4.72 Å². The number of hydrogen-bond acceptors (Lipinski definition) is 3. The first-order valence-electron chi connectivity index (χ1n) is 5.32. The third-order valence-corrected chi connectivity index (χ3v) is 3.91. The van der Waals surface area contributed by atoms with Gasteiger partial charge in [-0.25, -0.2) is 8.42 Å². The van der Waals surface area contributed by atoms with E-state index in [-0.39, 0.29) is 5.75 Å². The molecule has 0 bridgehead atoms. The van der Waals surface area contributed by atoms with Gasteiger partial charge in [0.1, 0.15) is 6.23 Å². The van der Waals surface area contributed by atoms with Gasteiger partial charge < -0.3 is 4.74 Å². The lowest BCUT2D eigenvalue weighted by Crippen LogP contribution is -2.30. The van der Waals surface area contributed by atoms with Crippen molar-refractivity contribution in [3.05, 3.63) is 35.4 Å². The molecular weight excluding hydrogens is 226 g/mol.